The number of rotatable bonds is 3. The van der Waals surface area contributed by atoms with Crippen LogP contribution < -0.4 is 5.73 Å². The van der Waals surface area contributed by atoms with Crippen LogP contribution in [0.3, 0.4) is 0 Å². The number of carbonyl (C=O) groups is 1. The van der Waals surface area contributed by atoms with E-state index in [2.05, 4.69) is 0 Å². The molecule has 0 radical (unpaired) electrons. The van der Waals surface area contributed by atoms with Gasteiger partial charge in [0.2, 0.25) is 0 Å². The van der Waals surface area contributed by atoms with Gasteiger partial charge in [0, 0.05) is 17.7 Å². The Morgan fingerprint density at radius 1 is 1.00 bits per heavy atom. The first-order chi connectivity index (χ1) is 8.15. The lowest BCUT2D eigenvalue weighted by molar-refractivity contribution is 0.0993. The first-order valence-electron chi connectivity index (χ1n) is 5.59. The van der Waals surface area contributed by atoms with Crippen LogP contribution in [0.25, 0.3) is 0 Å². The molecule has 0 aliphatic heterocycles. The summed E-state index contributed by atoms with van der Waals surface area (Å²) in [6.07, 6.45) is 0.435. The van der Waals surface area contributed by atoms with Crippen molar-refractivity contribution in [1.29, 1.82) is 0 Å². The van der Waals surface area contributed by atoms with Gasteiger partial charge in [-0.2, -0.15) is 0 Å². The number of ketones is 1. The van der Waals surface area contributed by atoms with Crippen molar-refractivity contribution in [1.82, 2.24) is 0 Å². The first-order valence-corrected chi connectivity index (χ1v) is 5.59. The Morgan fingerprint density at radius 2 is 1.59 bits per heavy atom. The van der Waals surface area contributed by atoms with Crippen LogP contribution in [-0.2, 0) is 6.42 Å². The van der Waals surface area contributed by atoms with Gasteiger partial charge in [-0.05, 0) is 36.8 Å². The Labute approximate surface area is 101 Å². The average Bonchev–Trinajstić information content (AvgIpc) is 2.33. The molecule has 2 nitrogen and oxygen atoms in total. The molecule has 0 saturated carbocycles. The molecule has 0 fully saturated rings. The van der Waals surface area contributed by atoms with E-state index in [1.54, 1.807) is 24.3 Å². The molecule has 0 heterocycles. The highest BCUT2D eigenvalue weighted by atomic mass is 16.1. The predicted octanol–water partition coefficient (Wildman–Crippen LogP) is 3.00. The molecule has 0 unspecified atom stereocenters. The quantitative estimate of drug-likeness (QED) is 0.644. The number of carbonyl (C=O) groups excluding carboxylic acids is 1. The van der Waals surface area contributed by atoms with Gasteiger partial charge in [0.1, 0.15) is 0 Å². The highest BCUT2D eigenvalue weighted by Crippen LogP contribution is 2.10. The van der Waals surface area contributed by atoms with Crippen LogP contribution in [0.4, 0.5) is 5.69 Å². The maximum absolute atomic E-state index is 12.0. The Bertz CT molecular complexity index is 512. The summed E-state index contributed by atoms with van der Waals surface area (Å²) < 4.78 is 0. The zero-order valence-electron chi connectivity index (χ0n) is 9.81. The van der Waals surface area contributed by atoms with Crippen LogP contribution in [-0.4, -0.2) is 5.78 Å². The summed E-state index contributed by atoms with van der Waals surface area (Å²) in [7, 11) is 0. The summed E-state index contributed by atoms with van der Waals surface area (Å²) in [4.78, 5) is 12.0. The van der Waals surface area contributed by atoms with E-state index in [9.17, 15) is 4.79 Å². The third-order valence-corrected chi connectivity index (χ3v) is 2.72. The monoisotopic (exact) mass is 225 g/mol. The van der Waals surface area contributed by atoms with Gasteiger partial charge in [-0.1, -0.05) is 29.8 Å². The summed E-state index contributed by atoms with van der Waals surface area (Å²) in [5, 5.41) is 0. The minimum absolute atomic E-state index is 0.119. The van der Waals surface area contributed by atoms with Gasteiger partial charge < -0.3 is 5.73 Å². The van der Waals surface area contributed by atoms with Crippen molar-refractivity contribution < 1.29 is 4.79 Å². The molecule has 2 heteroatoms. The molecule has 2 aromatic rings. The highest BCUT2D eigenvalue weighted by Gasteiger charge is 2.06. The van der Waals surface area contributed by atoms with Gasteiger partial charge >= 0.3 is 0 Å². The fourth-order valence-electron chi connectivity index (χ4n) is 1.66. The number of Topliss-reactive ketones (excluding diaryl/α,β-unsaturated/α-hetero) is 1. The molecule has 0 saturated heterocycles. The molecule has 0 atom stereocenters. The molecule has 0 aliphatic rings. The molecule has 0 aliphatic carbocycles. The summed E-state index contributed by atoms with van der Waals surface area (Å²) >= 11 is 0. The zero-order chi connectivity index (χ0) is 12.3. The van der Waals surface area contributed by atoms with Crippen molar-refractivity contribution in [2.45, 2.75) is 13.3 Å². The summed E-state index contributed by atoms with van der Waals surface area (Å²) in [5.74, 6) is 0.119. The molecule has 2 rings (SSSR count). The maximum atomic E-state index is 12.0. The molecule has 86 valence electrons. The smallest absolute Gasteiger partial charge is 0.167 e. The minimum atomic E-state index is 0.119. The van der Waals surface area contributed by atoms with E-state index in [1.165, 1.54) is 5.56 Å². The van der Waals surface area contributed by atoms with Crippen LogP contribution in [0.2, 0.25) is 0 Å². The summed E-state index contributed by atoms with van der Waals surface area (Å²) in [6.45, 7) is 2.03. The molecule has 0 amide bonds. The summed E-state index contributed by atoms with van der Waals surface area (Å²) in [6, 6.07) is 15.1. The summed E-state index contributed by atoms with van der Waals surface area (Å²) in [5.41, 5.74) is 9.21. The molecule has 2 aromatic carbocycles. The minimum Gasteiger partial charge on any atom is -0.399 e. The maximum Gasteiger partial charge on any atom is 0.167 e. The molecule has 0 spiro atoms. The predicted molar refractivity (Wildman–Crippen MR) is 70.1 cm³/mol. The van der Waals surface area contributed by atoms with Crippen molar-refractivity contribution in [3.63, 3.8) is 0 Å². The lowest BCUT2D eigenvalue weighted by Crippen LogP contribution is -2.03. The van der Waals surface area contributed by atoms with Crippen molar-refractivity contribution in [3.8, 4) is 0 Å². The Balaban J connectivity index is 2.11. The molecule has 0 bridgehead atoms. The Morgan fingerprint density at radius 3 is 2.18 bits per heavy atom. The van der Waals surface area contributed by atoms with Gasteiger partial charge in [0.15, 0.2) is 5.78 Å². The zero-order valence-corrected chi connectivity index (χ0v) is 9.81. The number of hydrogen-bond acceptors (Lipinski definition) is 2. The van der Waals surface area contributed by atoms with E-state index < -0.39 is 0 Å². The van der Waals surface area contributed by atoms with Gasteiger partial charge in [-0.25, -0.2) is 0 Å². The SMILES string of the molecule is Cc1ccc(CC(=O)c2ccc(N)cc2)cc1. The second kappa shape index (κ2) is 4.83. The van der Waals surface area contributed by atoms with E-state index >= 15 is 0 Å². The number of nitrogens with two attached hydrogens (primary N) is 1. The van der Waals surface area contributed by atoms with Gasteiger partial charge in [-0.3, -0.25) is 4.79 Å². The highest BCUT2D eigenvalue weighted by molar-refractivity contribution is 5.97. The topological polar surface area (TPSA) is 43.1 Å². The van der Waals surface area contributed by atoms with E-state index in [1.807, 2.05) is 31.2 Å². The third kappa shape index (κ3) is 2.94. The van der Waals surface area contributed by atoms with Crippen LogP contribution in [0.15, 0.2) is 48.5 Å². The standard InChI is InChI=1S/C15H15NO/c1-11-2-4-12(5-3-11)10-15(17)13-6-8-14(16)9-7-13/h2-9H,10,16H2,1H3. The van der Waals surface area contributed by atoms with Crippen LogP contribution in [0, 0.1) is 6.92 Å². The average molecular weight is 225 g/mol. The molecule has 0 aromatic heterocycles. The Kier molecular flexibility index (Phi) is 3.24. The number of anilines is 1. The van der Waals surface area contributed by atoms with Crippen LogP contribution in [0.1, 0.15) is 21.5 Å². The molecule has 17 heavy (non-hydrogen) atoms. The van der Waals surface area contributed by atoms with E-state index in [-0.39, 0.29) is 5.78 Å². The largest absolute Gasteiger partial charge is 0.399 e. The lowest BCUT2D eigenvalue weighted by atomic mass is 10.0. The fraction of sp³-hybridized carbons (Fsp3) is 0.133. The first kappa shape index (κ1) is 11.4. The van der Waals surface area contributed by atoms with Gasteiger partial charge in [0.25, 0.3) is 0 Å². The van der Waals surface area contributed by atoms with E-state index in [4.69, 9.17) is 5.73 Å². The van der Waals surface area contributed by atoms with E-state index in [0.717, 1.165) is 5.56 Å². The molecular formula is C15H15NO. The van der Waals surface area contributed by atoms with Crippen LogP contribution >= 0.6 is 0 Å². The number of nitrogen functional groups attached to an aromatic ring is 1. The van der Waals surface area contributed by atoms with Gasteiger partial charge in [-0.15, -0.1) is 0 Å². The van der Waals surface area contributed by atoms with E-state index in [0.29, 0.717) is 17.7 Å². The second-order valence-electron chi connectivity index (χ2n) is 4.21. The van der Waals surface area contributed by atoms with Crippen molar-refractivity contribution in [3.05, 3.63) is 65.2 Å². The Hall–Kier alpha value is -2.09. The van der Waals surface area contributed by atoms with Crippen molar-refractivity contribution in [2.24, 2.45) is 0 Å². The second-order valence-corrected chi connectivity index (χ2v) is 4.21. The van der Waals surface area contributed by atoms with Crippen molar-refractivity contribution in [2.75, 3.05) is 5.73 Å². The van der Waals surface area contributed by atoms with Crippen molar-refractivity contribution >= 4 is 11.5 Å². The lowest BCUT2D eigenvalue weighted by Gasteiger charge is -2.02. The molecule has 2 N–H and O–H groups in total. The van der Waals surface area contributed by atoms with Crippen LogP contribution in [0.5, 0.6) is 0 Å². The number of hydrogen-bond donors (Lipinski definition) is 1. The third-order valence-electron chi connectivity index (χ3n) is 2.72. The number of benzene rings is 2. The molecular weight excluding hydrogens is 210 g/mol. The fourth-order valence-corrected chi connectivity index (χ4v) is 1.66. The van der Waals surface area contributed by atoms with Gasteiger partial charge in [0.05, 0.1) is 0 Å². The number of aryl methyl sites for hydroxylation is 1. The normalized spacial score (nSPS) is 10.2.